The molecule has 1 heterocycles. The van der Waals surface area contributed by atoms with Gasteiger partial charge in [-0.1, -0.05) is 29.8 Å². The van der Waals surface area contributed by atoms with Crippen LogP contribution in [0.1, 0.15) is 18.9 Å². The molecule has 0 spiro atoms. The number of rotatable bonds is 7. The second kappa shape index (κ2) is 8.59. The highest BCUT2D eigenvalue weighted by Crippen LogP contribution is 2.24. The number of amides is 1. The molecule has 1 N–H and O–H groups in total. The van der Waals surface area contributed by atoms with Gasteiger partial charge in [-0.25, -0.2) is 0 Å². The van der Waals surface area contributed by atoms with E-state index in [1.54, 1.807) is 18.2 Å². The molecular weight excluding hydrogens is 358 g/mol. The Morgan fingerprint density at radius 2 is 2.15 bits per heavy atom. The molecule has 1 unspecified atom stereocenters. The molecule has 2 atom stereocenters. The van der Waals surface area contributed by atoms with E-state index in [0.717, 1.165) is 5.56 Å². The monoisotopic (exact) mass is 375 g/mol. The number of halogens is 1. The van der Waals surface area contributed by atoms with Gasteiger partial charge in [-0.05, 0) is 18.6 Å². The van der Waals surface area contributed by atoms with Crippen molar-refractivity contribution in [1.82, 2.24) is 4.90 Å². The third-order valence-electron chi connectivity index (χ3n) is 4.11. The van der Waals surface area contributed by atoms with Gasteiger partial charge in [0, 0.05) is 30.2 Å². The third-order valence-corrected chi connectivity index (χ3v) is 4.48. The van der Waals surface area contributed by atoms with E-state index >= 15 is 0 Å². The van der Waals surface area contributed by atoms with Crippen LogP contribution in [0.5, 0.6) is 0 Å². The Balaban J connectivity index is 1.90. The van der Waals surface area contributed by atoms with E-state index in [4.69, 9.17) is 27.0 Å². The first-order valence-electron chi connectivity index (χ1n) is 7.98. The number of benzene rings is 1. The molecular formula is C18H18ClN3O4. The number of carbonyl (C=O) groups excluding carboxylic acids is 3. The summed E-state index contributed by atoms with van der Waals surface area (Å²) in [6, 6.07) is 8.84. The van der Waals surface area contributed by atoms with Gasteiger partial charge in [0.05, 0.1) is 12.0 Å². The fourth-order valence-electron chi connectivity index (χ4n) is 2.67. The Labute approximate surface area is 156 Å². The van der Waals surface area contributed by atoms with Gasteiger partial charge < -0.3 is 15.0 Å². The minimum atomic E-state index is -1.22. The third kappa shape index (κ3) is 4.67. The van der Waals surface area contributed by atoms with Crippen molar-refractivity contribution in [3.05, 3.63) is 34.9 Å². The topological polar surface area (TPSA) is 111 Å². The average molecular weight is 376 g/mol. The van der Waals surface area contributed by atoms with Crippen LogP contribution in [0.4, 0.5) is 0 Å². The number of carbonyl (C=O) groups is 3. The summed E-state index contributed by atoms with van der Waals surface area (Å²) in [6.45, 7) is 1.24. The number of nitriles is 1. The Bertz CT molecular complexity index is 787. The molecule has 1 saturated heterocycles. The molecule has 0 radical (unpaired) electrons. The first-order chi connectivity index (χ1) is 12.3. The van der Waals surface area contributed by atoms with Crippen molar-refractivity contribution in [3.8, 4) is 6.07 Å². The molecule has 1 aromatic rings. The number of hydrogen-bond acceptors (Lipinski definition) is 6. The molecule has 1 aromatic carbocycles. The minimum absolute atomic E-state index is 0.00273. The highest BCUT2D eigenvalue weighted by atomic mass is 35.5. The molecule has 1 amide bonds. The predicted molar refractivity (Wildman–Crippen MR) is 93.4 cm³/mol. The summed E-state index contributed by atoms with van der Waals surface area (Å²) in [5.41, 5.74) is 0.681. The minimum Gasteiger partial charge on any atom is -0.457 e. The van der Waals surface area contributed by atoms with Crippen molar-refractivity contribution >= 4 is 35.0 Å². The molecule has 0 saturated carbocycles. The summed E-state index contributed by atoms with van der Waals surface area (Å²) < 4.78 is 4.95. The predicted octanol–water partition coefficient (Wildman–Crippen LogP) is 1.98. The lowest BCUT2D eigenvalue weighted by atomic mass is 10.0. The number of ether oxygens (including phenoxy) is 1. The number of hydrogen-bond donors (Lipinski definition) is 1. The fraction of sp³-hybridized carbons (Fsp3) is 0.389. The average Bonchev–Trinajstić information content (AvgIpc) is 2.96. The maximum absolute atomic E-state index is 12.1. The van der Waals surface area contributed by atoms with Gasteiger partial charge in [-0.3, -0.25) is 14.4 Å². The summed E-state index contributed by atoms with van der Waals surface area (Å²) in [7, 11) is 0. The SMILES string of the molecule is CC(=N)C(C#N)C(=O)COC(=O)[C@@H]1CC(=O)N(Cc2ccccc2Cl)C1. The van der Waals surface area contributed by atoms with Crippen molar-refractivity contribution < 1.29 is 19.1 Å². The smallest absolute Gasteiger partial charge is 0.311 e. The van der Waals surface area contributed by atoms with Gasteiger partial charge in [0.15, 0.2) is 12.4 Å². The Hall–Kier alpha value is -2.72. The number of ketones is 1. The summed E-state index contributed by atoms with van der Waals surface area (Å²) in [5, 5.41) is 16.8. The number of likely N-dealkylation sites (tertiary alicyclic amines) is 1. The first-order valence-corrected chi connectivity index (χ1v) is 8.36. The van der Waals surface area contributed by atoms with E-state index in [2.05, 4.69) is 0 Å². The van der Waals surface area contributed by atoms with Gasteiger partial charge in [-0.2, -0.15) is 5.26 Å². The van der Waals surface area contributed by atoms with E-state index < -0.39 is 30.2 Å². The van der Waals surface area contributed by atoms with Crippen LogP contribution in [-0.2, 0) is 25.7 Å². The van der Waals surface area contributed by atoms with E-state index in [1.165, 1.54) is 11.8 Å². The normalized spacial score (nSPS) is 17.5. The quantitative estimate of drug-likeness (QED) is 0.578. The molecule has 7 nitrogen and oxygen atoms in total. The highest BCUT2D eigenvalue weighted by molar-refractivity contribution is 6.31. The Morgan fingerprint density at radius 3 is 2.77 bits per heavy atom. The van der Waals surface area contributed by atoms with E-state index in [1.807, 2.05) is 12.1 Å². The van der Waals surface area contributed by atoms with E-state index in [0.29, 0.717) is 11.6 Å². The van der Waals surface area contributed by atoms with Crippen molar-refractivity contribution in [3.63, 3.8) is 0 Å². The fourth-order valence-corrected chi connectivity index (χ4v) is 2.86. The Morgan fingerprint density at radius 1 is 1.46 bits per heavy atom. The zero-order valence-corrected chi connectivity index (χ0v) is 15.0. The standard InChI is InChI=1S/C18H18ClN3O4/c1-11(21)14(7-20)16(23)10-26-18(25)13-6-17(24)22(9-13)8-12-4-2-3-5-15(12)19/h2-5,13-14,21H,6,8-10H2,1H3/t13-,14?/m1/s1. The summed E-state index contributed by atoms with van der Waals surface area (Å²) in [5.74, 6) is -3.38. The molecule has 136 valence electrons. The van der Waals surface area contributed by atoms with Crippen LogP contribution in [-0.4, -0.2) is 41.4 Å². The molecule has 1 aliphatic rings. The number of esters is 1. The van der Waals surface area contributed by atoms with Crippen molar-refractivity contribution in [2.75, 3.05) is 13.2 Å². The molecule has 1 aliphatic heterocycles. The zero-order chi connectivity index (χ0) is 19.3. The van der Waals surface area contributed by atoms with Crippen LogP contribution < -0.4 is 0 Å². The second-order valence-electron chi connectivity index (χ2n) is 6.09. The lowest BCUT2D eigenvalue weighted by Gasteiger charge is -2.17. The highest BCUT2D eigenvalue weighted by Gasteiger charge is 2.36. The number of nitrogens with one attached hydrogen (secondary N) is 1. The van der Waals surface area contributed by atoms with Crippen LogP contribution in [0.3, 0.4) is 0 Å². The Kier molecular flexibility index (Phi) is 6.47. The number of Topliss-reactive ketones (excluding diaryl/α,β-unsaturated/α-hetero) is 1. The first kappa shape index (κ1) is 19.6. The van der Waals surface area contributed by atoms with Gasteiger partial charge in [0.2, 0.25) is 5.91 Å². The molecule has 1 fully saturated rings. The number of nitrogens with zero attached hydrogens (tertiary/aromatic N) is 2. The zero-order valence-electron chi connectivity index (χ0n) is 14.2. The van der Waals surface area contributed by atoms with Gasteiger partial charge in [-0.15, -0.1) is 0 Å². The van der Waals surface area contributed by atoms with Crippen LogP contribution in [0.25, 0.3) is 0 Å². The van der Waals surface area contributed by atoms with Crippen molar-refractivity contribution in [1.29, 1.82) is 10.7 Å². The van der Waals surface area contributed by atoms with Gasteiger partial charge in [0.25, 0.3) is 0 Å². The maximum atomic E-state index is 12.1. The second-order valence-corrected chi connectivity index (χ2v) is 6.49. The molecule has 0 aromatic heterocycles. The molecule has 0 bridgehead atoms. The summed E-state index contributed by atoms with van der Waals surface area (Å²) in [4.78, 5) is 37.6. The van der Waals surface area contributed by atoms with Crippen LogP contribution in [0.2, 0.25) is 5.02 Å². The van der Waals surface area contributed by atoms with Crippen molar-refractivity contribution in [2.24, 2.45) is 11.8 Å². The van der Waals surface area contributed by atoms with Crippen LogP contribution in [0.15, 0.2) is 24.3 Å². The van der Waals surface area contributed by atoms with E-state index in [-0.39, 0.29) is 24.6 Å². The van der Waals surface area contributed by atoms with Crippen LogP contribution in [0, 0.1) is 28.6 Å². The van der Waals surface area contributed by atoms with Gasteiger partial charge >= 0.3 is 5.97 Å². The summed E-state index contributed by atoms with van der Waals surface area (Å²) >= 11 is 6.09. The molecule has 26 heavy (non-hydrogen) atoms. The lowest BCUT2D eigenvalue weighted by molar-refractivity contribution is -0.152. The van der Waals surface area contributed by atoms with Crippen LogP contribution >= 0.6 is 11.6 Å². The molecule has 2 rings (SSSR count). The summed E-state index contributed by atoms with van der Waals surface area (Å²) in [6.07, 6.45) is 0.00273. The largest absolute Gasteiger partial charge is 0.457 e. The lowest BCUT2D eigenvalue weighted by Crippen LogP contribution is -2.29. The van der Waals surface area contributed by atoms with E-state index in [9.17, 15) is 14.4 Å². The van der Waals surface area contributed by atoms with Crippen molar-refractivity contribution in [2.45, 2.75) is 19.9 Å². The molecule has 0 aliphatic carbocycles. The molecule has 8 heteroatoms. The van der Waals surface area contributed by atoms with Gasteiger partial charge in [0.1, 0.15) is 5.92 Å². The maximum Gasteiger partial charge on any atom is 0.311 e.